The van der Waals surface area contributed by atoms with Crippen molar-refractivity contribution in [2.75, 3.05) is 26.4 Å². The van der Waals surface area contributed by atoms with Gasteiger partial charge in [-0.15, -0.1) is 0 Å². The minimum Gasteiger partial charge on any atom is -0.394 e. The molecule has 0 aromatic rings. The summed E-state index contributed by atoms with van der Waals surface area (Å²) in [5.74, 6) is -0.351. The Morgan fingerprint density at radius 1 is 0.635 bits per heavy atom. The number of hydrogen-bond donors (Lipinski definition) is 14. The van der Waals surface area contributed by atoms with Crippen LogP contribution in [0.4, 0.5) is 0 Å². The van der Waals surface area contributed by atoms with E-state index in [2.05, 4.69) is 26.8 Å². The molecule has 31 atom stereocenters. The number of fused-ring (bicyclic) bond motifs is 7. The lowest BCUT2D eigenvalue weighted by atomic mass is 9.47. The fourth-order valence-electron chi connectivity index (χ4n) is 15.0. The maximum atomic E-state index is 12.1. The van der Waals surface area contributed by atoms with E-state index >= 15 is 0 Å². The van der Waals surface area contributed by atoms with E-state index in [-0.39, 0.29) is 41.3 Å². The molecule has 0 aromatic heterocycles. The Hall–Kier alpha value is -1.18. The van der Waals surface area contributed by atoms with Gasteiger partial charge in [-0.3, -0.25) is 0 Å². The van der Waals surface area contributed by atoms with Crippen LogP contribution in [0.2, 0.25) is 0 Å². The molecule has 0 aromatic carbocycles. The third-order valence-corrected chi connectivity index (χ3v) is 19.5. The van der Waals surface area contributed by atoms with E-state index in [4.69, 9.17) is 42.6 Å². The largest absolute Gasteiger partial charge is 0.394 e. The van der Waals surface area contributed by atoms with Crippen LogP contribution in [-0.2, 0) is 42.6 Å². The quantitative estimate of drug-likeness (QED) is 0.0727. The van der Waals surface area contributed by atoms with Crippen molar-refractivity contribution in [2.45, 2.75) is 233 Å². The second-order valence-corrected chi connectivity index (χ2v) is 23.8. The second kappa shape index (κ2) is 22.4. The fourth-order valence-corrected chi connectivity index (χ4v) is 15.0. The van der Waals surface area contributed by atoms with Crippen LogP contribution in [0.15, 0.2) is 11.6 Å². The Morgan fingerprint density at radius 2 is 1.20 bits per heavy atom. The Kier molecular flexibility index (Phi) is 17.4. The first-order chi connectivity index (χ1) is 35.0. The van der Waals surface area contributed by atoms with Crippen molar-refractivity contribution in [3.8, 4) is 0 Å². The topological polar surface area (TPSA) is 366 Å². The third-order valence-electron chi connectivity index (χ3n) is 19.5. The van der Waals surface area contributed by atoms with Crippen molar-refractivity contribution in [1.82, 2.24) is 0 Å². The zero-order valence-electron chi connectivity index (χ0n) is 42.9. The van der Waals surface area contributed by atoms with Crippen LogP contribution in [0, 0.1) is 46.3 Å². The summed E-state index contributed by atoms with van der Waals surface area (Å²) in [6.07, 6.45) is -22.5. The summed E-state index contributed by atoms with van der Waals surface area (Å²) in [4.78, 5) is 0. The first kappa shape index (κ1) is 57.5. The molecule has 5 aliphatic heterocycles. The highest BCUT2D eigenvalue weighted by atomic mass is 16.8. The normalized spacial score (nSPS) is 54.9. The van der Waals surface area contributed by atoms with Gasteiger partial charge in [-0.05, 0) is 98.7 Å². The molecule has 5 heterocycles. The third kappa shape index (κ3) is 10.2. The molecule has 0 spiro atoms. The summed E-state index contributed by atoms with van der Waals surface area (Å²) in [6, 6.07) is 0. The zero-order chi connectivity index (χ0) is 53.5. The highest BCUT2D eigenvalue weighted by Crippen LogP contribution is 2.70. The summed E-state index contributed by atoms with van der Waals surface area (Å²) in [7, 11) is 0. The lowest BCUT2D eigenvalue weighted by Crippen LogP contribution is -2.67. The van der Waals surface area contributed by atoms with Gasteiger partial charge in [0.15, 0.2) is 30.9 Å². The molecule has 7 unspecified atom stereocenters. The van der Waals surface area contributed by atoms with Gasteiger partial charge in [-0.25, -0.2) is 0 Å². The molecule has 9 rings (SSSR count). The Balaban J connectivity index is 0.864. The van der Waals surface area contributed by atoms with Crippen LogP contribution in [-0.4, -0.2) is 239 Å². The Bertz CT molecular complexity index is 1920. The molecule has 4 aliphatic carbocycles. The average Bonchev–Trinajstić information content (AvgIpc) is 3.82. The molecular weight excluding hydrogens is 981 g/mol. The molecular formula is C51H84O23. The average molecular weight is 1070 g/mol. The predicted octanol–water partition coefficient (Wildman–Crippen LogP) is -3.01. The van der Waals surface area contributed by atoms with Crippen molar-refractivity contribution in [1.29, 1.82) is 0 Å². The maximum Gasteiger partial charge on any atom is 0.187 e. The minimum atomic E-state index is -1.88. The summed E-state index contributed by atoms with van der Waals surface area (Å²) < 4.78 is 54.7. The number of rotatable bonds is 15. The molecule has 426 valence electrons. The number of aliphatic hydroxyl groups is 14. The molecule has 3 saturated carbocycles. The van der Waals surface area contributed by atoms with Gasteiger partial charge in [0.05, 0.1) is 44.7 Å². The molecule has 74 heavy (non-hydrogen) atoms. The molecule has 23 heteroatoms. The van der Waals surface area contributed by atoms with E-state index in [0.29, 0.717) is 43.4 Å². The molecule has 23 nitrogen and oxygen atoms in total. The van der Waals surface area contributed by atoms with E-state index in [1.54, 1.807) is 0 Å². The first-order valence-corrected chi connectivity index (χ1v) is 26.9. The number of ether oxygens (including phenoxy) is 9. The molecule has 9 aliphatic rings. The van der Waals surface area contributed by atoms with Crippen molar-refractivity contribution >= 4 is 0 Å². The lowest BCUT2D eigenvalue weighted by Gasteiger charge is -2.58. The van der Waals surface area contributed by atoms with E-state index in [1.165, 1.54) is 12.5 Å². The van der Waals surface area contributed by atoms with Crippen molar-refractivity contribution in [2.24, 2.45) is 46.3 Å². The van der Waals surface area contributed by atoms with Gasteiger partial charge in [-0.2, -0.15) is 0 Å². The minimum absolute atomic E-state index is 0.0769. The van der Waals surface area contributed by atoms with Gasteiger partial charge in [0, 0.05) is 12.3 Å². The zero-order valence-corrected chi connectivity index (χ0v) is 42.9. The van der Waals surface area contributed by atoms with Gasteiger partial charge in [-0.1, -0.05) is 39.3 Å². The SMILES string of the molecule is CC1O[C@@H](OC2[C@H](O[C@H]3CC[C@@]4(C)C(=CC[C@H]5C6CC7O[C@](O)(CC[C@@H](C)CO[C@@H]8O[C@H](CO)[C@@H](O)[C@@H](O)[C@H]8O)C(C)C7[C@@]6(C)CCC54)C3)O[C@H](CO)[C@@H](O)[C@H]2O[C@@H]2O[C@H](CO)[C@@H](O)[C@@H](O)[C@H]2O)[C@H](O)[C@H](O)[C@@H]1O. The standard InChI is InChI=1S/C51H84O23/c1-20(19-66-45-40(62)38(60)34(56)29(16-52)69-45)8-13-51(65)21(2)32-28(74-51)15-27-25-7-6-23-14-24(9-11-49(23,4)26(25)10-12-50(27,32)5)68-48-44(73-46-41(63)37(59)33(55)22(3)67-46)43(36(58)31(18-54)71-48)72-47-42(64)39(61)35(57)30(17-53)70-47/h6,20-22,24-48,52-65H,7-19H2,1-5H3/t20-,21?,22?,24+,25-,26?,27?,28?,29-,30-,31-,32?,33-,34-,35-,36-,37-,38-,39-,40-,41-,42-,43-,44?,45-,46+,47+,48-,49+,50+,51-/m1/s1. The van der Waals surface area contributed by atoms with Crippen LogP contribution in [0.1, 0.15) is 92.4 Å². The molecule has 5 saturated heterocycles. The molecule has 14 N–H and O–H groups in total. The maximum absolute atomic E-state index is 12.1. The molecule has 8 fully saturated rings. The van der Waals surface area contributed by atoms with Crippen molar-refractivity contribution in [3.63, 3.8) is 0 Å². The van der Waals surface area contributed by atoms with Crippen molar-refractivity contribution < 1.29 is 114 Å². The number of hydrogen-bond acceptors (Lipinski definition) is 23. The second-order valence-electron chi connectivity index (χ2n) is 23.8. The van der Waals surface area contributed by atoms with Crippen LogP contribution in [0.3, 0.4) is 0 Å². The molecule has 0 radical (unpaired) electrons. The van der Waals surface area contributed by atoms with E-state index in [9.17, 15) is 71.5 Å². The summed E-state index contributed by atoms with van der Waals surface area (Å²) in [5.41, 5.74) is 0.989. The fraction of sp³-hybridized carbons (Fsp3) is 0.961. The summed E-state index contributed by atoms with van der Waals surface area (Å²) in [5, 5.41) is 149. The number of aliphatic hydroxyl groups excluding tert-OH is 13. The van der Waals surface area contributed by atoms with Crippen LogP contribution in [0.25, 0.3) is 0 Å². The van der Waals surface area contributed by atoms with Crippen LogP contribution >= 0.6 is 0 Å². The Morgan fingerprint density at radius 3 is 1.85 bits per heavy atom. The smallest absolute Gasteiger partial charge is 0.187 e. The predicted molar refractivity (Wildman–Crippen MR) is 250 cm³/mol. The van der Waals surface area contributed by atoms with Gasteiger partial charge >= 0.3 is 0 Å². The van der Waals surface area contributed by atoms with Gasteiger partial charge in [0.25, 0.3) is 0 Å². The molecule has 0 bridgehead atoms. The van der Waals surface area contributed by atoms with Crippen molar-refractivity contribution in [3.05, 3.63) is 11.6 Å². The lowest BCUT2D eigenvalue weighted by molar-refractivity contribution is -0.394. The van der Waals surface area contributed by atoms with Gasteiger partial charge in [0.1, 0.15) is 91.6 Å². The monoisotopic (exact) mass is 1060 g/mol. The van der Waals surface area contributed by atoms with Gasteiger partial charge in [0.2, 0.25) is 0 Å². The van der Waals surface area contributed by atoms with Crippen LogP contribution < -0.4 is 0 Å². The van der Waals surface area contributed by atoms with Crippen LogP contribution in [0.5, 0.6) is 0 Å². The number of allylic oxidation sites excluding steroid dienone is 1. The Labute approximate surface area is 430 Å². The molecule has 0 amide bonds. The highest BCUT2D eigenvalue weighted by molar-refractivity contribution is 5.26. The highest BCUT2D eigenvalue weighted by Gasteiger charge is 2.68. The van der Waals surface area contributed by atoms with E-state index < -0.39 is 155 Å². The first-order valence-electron chi connectivity index (χ1n) is 26.9. The van der Waals surface area contributed by atoms with E-state index in [0.717, 1.165) is 32.1 Å². The van der Waals surface area contributed by atoms with E-state index in [1.807, 2.05) is 6.92 Å². The summed E-state index contributed by atoms with van der Waals surface area (Å²) in [6.45, 7) is 8.33. The van der Waals surface area contributed by atoms with Gasteiger partial charge < -0.3 is 114 Å². The summed E-state index contributed by atoms with van der Waals surface area (Å²) >= 11 is 0.